The molecule has 0 atom stereocenters. The van der Waals surface area contributed by atoms with Gasteiger partial charge in [0.15, 0.2) is 0 Å². The van der Waals surface area contributed by atoms with Gasteiger partial charge in [0.1, 0.15) is 6.67 Å². The lowest BCUT2D eigenvalue weighted by atomic mass is 10.1. The van der Waals surface area contributed by atoms with Gasteiger partial charge in [-0.05, 0) is 25.3 Å². The van der Waals surface area contributed by atoms with Crippen molar-refractivity contribution in [2.24, 2.45) is 0 Å². The first-order valence-corrected chi connectivity index (χ1v) is 4.16. The smallest absolute Gasteiger partial charge is 0.108 e. The largest absolute Gasteiger partial charge is 0.247 e. The Morgan fingerprint density at radius 3 is 2.27 bits per heavy atom. The van der Waals surface area contributed by atoms with Crippen molar-refractivity contribution >= 4 is 0 Å². The summed E-state index contributed by atoms with van der Waals surface area (Å²) in [6.07, 6.45) is 5.67. The highest BCUT2D eigenvalue weighted by Gasteiger charge is 1.89. The standard InChI is InChI=1S/C10H17F/c1-4-9(3)8-10(5-2)6-7-11/h6,8H,4-5,7H2,1-3H3/b9-8-,10-6-. The van der Waals surface area contributed by atoms with Gasteiger partial charge in [0.2, 0.25) is 0 Å². The predicted molar refractivity (Wildman–Crippen MR) is 48.4 cm³/mol. The molecule has 11 heavy (non-hydrogen) atoms. The average molecular weight is 156 g/mol. The maximum Gasteiger partial charge on any atom is 0.108 e. The van der Waals surface area contributed by atoms with Crippen LogP contribution in [-0.4, -0.2) is 6.67 Å². The van der Waals surface area contributed by atoms with Crippen LogP contribution in [0, 0.1) is 0 Å². The van der Waals surface area contributed by atoms with Gasteiger partial charge in [-0.1, -0.05) is 31.6 Å². The first-order valence-electron chi connectivity index (χ1n) is 4.16. The summed E-state index contributed by atoms with van der Waals surface area (Å²) in [6.45, 7) is 5.87. The van der Waals surface area contributed by atoms with Crippen molar-refractivity contribution in [2.45, 2.75) is 33.6 Å². The van der Waals surface area contributed by atoms with E-state index < -0.39 is 0 Å². The zero-order chi connectivity index (χ0) is 8.69. The van der Waals surface area contributed by atoms with Crippen LogP contribution in [0.25, 0.3) is 0 Å². The average Bonchev–Trinajstić information content (AvgIpc) is 2.03. The van der Waals surface area contributed by atoms with E-state index in [2.05, 4.69) is 19.9 Å². The molecule has 0 saturated carbocycles. The molecule has 0 saturated heterocycles. The highest BCUT2D eigenvalue weighted by atomic mass is 19.1. The first kappa shape index (κ1) is 10.4. The monoisotopic (exact) mass is 156 g/mol. The van der Waals surface area contributed by atoms with E-state index in [-0.39, 0.29) is 6.67 Å². The minimum atomic E-state index is -0.351. The lowest BCUT2D eigenvalue weighted by Crippen LogP contribution is -1.80. The van der Waals surface area contributed by atoms with Crippen molar-refractivity contribution in [1.29, 1.82) is 0 Å². The maximum absolute atomic E-state index is 11.9. The molecule has 64 valence electrons. The van der Waals surface area contributed by atoms with Crippen molar-refractivity contribution in [3.63, 3.8) is 0 Å². The van der Waals surface area contributed by atoms with Crippen LogP contribution in [0.3, 0.4) is 0 Å². The molecule has 0 rings (SSSR count). The topological polar surface area (TPSA) is 0 Å². The molecule has 0 unspecified atom stereocenters. The minimum Gasteiger partial charge on any atom is -0.247 e. The second kappa shape index (κ2) is 6.14. The summed E-state index contributed by atoms with van der Waals surface area (Å²) < 4.78 is 11.9. The molecule has 0 heterocycles. The molecule has 0 aromatic carbocycles. The molecule has 0 aliphatic heterocycles. The molecule has 0 nitrogen and oxygen atoms in total. The van der Waals surface area contributed by atoms with Crippen molar-refractivity contribution in [1.82, 2.24) is 0 Å². The van der Waals surface area contributed by atoms with Gasteiger partial charge in [0, 0.05) is 0 Å². The van der Waals surface area contributed by atoms with Crippen LogP contribution in [0.15, 0.2) is 23.3 Å². The van der Waals surface area contributed by atoms with Gasteiger partial charge in [-0.2, -0.15) is 0 Å². The lowest BCUT2D eigenvalue weighted by molar-refractivity contribution is 0.559. The quantitative estimate of drug-likeness (QED) is 0.545. The van der Waals surface area contributed by atoms with E-state index in [4.69, 9.17) is 0 Å². The number of alkyl halides is 1. The Labute approximate surface area is 68.8 Å². The fraction of sp³-hybridized carbons (Fsp3) is 0.600. The molecule has 0 fully saturated rings. The van der Waals surface area contributed by atoms with Gasteiger partial charge < -0.3 is 0 Å². The van der Waals surface area contributed by atoms with Crippen molar-refractivity contribution in [3.05, 3.63) is 23.3 Å². The van der Waals surface area contributed by atoms with Gasteiger partial charge in [-0.25, -0.2) is 4.39 Å². The SMILES string of the molecule is CC/C(C)=C\C(=C/CF)CC. The predicted octanol–water partition coefficient (Wildman–Crippen LogP) is 3.65. The van der Waals surface area contributed by atoms with Crippen LogP contribution in [-0.2, 0) is 0 Å². The van der Waals surface area contributed by atoms with E-state index in [0.717, 1.165) is 18.4 Å². The highest BCUT2D eigenvalue weighted by Crippen LogP contribution is 2.08. The molecular formula is C10H17F. The third kappa shape index (κ3) is 4.77. The minimum absolute atomic E-state index is 0.351. The summed E-state index contributed by atoms with van der Waals surface area (Å²) in [7, 11) is 0. The summed E-state index contributed by atoms with van der Waals surface area (Å²) in [5, 5.41) is 0. The van der Waals surface area contributed by atoms with Gasteiger partial charge >= 0.3 is 0 Å². The molecule has 0 aromatic rings. The maximum atomic E-state index is 11.9. The van der Waals surface area contributed by atoms with Crippen LogP contribution >= 0.6 is 0 Å². The normalized spacial score (nSPS) is 13.8. The number of halogens is 1. The Morgan fingerprint density at radius 2 is 1.91 bits per heavy atom. The molecule has 0 aliphatic carbocycles. The summed E-state index contributed by atoms with van der Waals surface area (Å²) in [5.74, 6) is 0. The van der Waals surface area contributed by atoms with Gasteiger partial charge in [0.05, 0.1) is 0 Å². The van der Waals surface area contributed by atoms with Crippen LogP contribution in [0.4, 0.5) is 4.39 Å². The Bertz CT molecular complexity index is 154. The molecule has 0 radical (unpaired) electrons. The molecule has 0 amide bonds. The zero-order valence-electron chi connectivity index (χ0n) is 7.65. The molecule has 0 aromatic heterocycles. The Hall–Kier alpha value is -0.590. The van der Waals surface area contributed by atoms with Gasteiger partial charge in [-0.15, -0.1) is 0 Å². The molecule has 0 spiro atoms. The summed E-state index contributed by atoms with van der Waals surface area (Å²) in [5.41, 5.74) is 2.42. The van der Waals surface area contributed by atoms with E-state index in [9.17, 15) is 4.39 Å². The molecule has 1 heteroatoms. The Balaban J connectivity index is 4.17. The molecular weight excluding hydrogens is 139 g/mol. The van der Waals surface area contributed by atoms with Crippen molar-refractivity contribution in [2.75, 3.05) is 6.67 Å². The number of allylic oxidation sites excluding steroid dienone is 4. The van der Waals surface area contributed by atoms with Crippen LogP contribution < -0.4 is 0 Å². The number of rotatable bonds is 4. The number of hydrogen-bond donors (Lipinski definition) is 0. The van der Waals surface area contributed by atoms with E-state index in [1.165, 1.54) is 5.57 Å². The van der Waals surface area contributed by atoms with Crippen molar-refractivity contribution < 1.29 is 4.39 Å². The third-order valence-corrected chi connectivity index (χ3v) is 1.74. The summed E-state index contributed by atoms with van der Waals surface area (Å²) >= 11 is 0. The summed E-state index contributed by atoms with van der Waals surface area (Å²) in [6, 6.07) is 0. The van der Waals surface area contributed by atoms with E-state index >= 15 is 0 Å². The highest BCUT2D eigenvalue weighted by molar-refractivity contribution is 5.22. The van der Waals surface area contributed by atoms with Gasteiger partial charge in [-0.3, -0.25) is 0 Å². The molecule has 0 bridgehead atoms. The Kier molecular flexibility index (Phi) is 5.81. The van der Waals surface area contributed by atoms with E-state index in [0.29, 0.717) is 0 Å². The van der Waals surface area contributed by atoms with Crippen LogP contribution in [0.5, 0.6) is 0 Å². The van der Waals surface area contributed by atoms with E-state index in [1.807, 2.05) is 6.92 Å². The Morgan fingerprint density at radius 1 is 1.27 bits per heavy atom. The third-order valence-electron chi connectivity index (χ3n) is 1.74. The van der Waals surface area contributed by atoms with Gasteiger partial charge in [0.25, 0.3) is 0 Å². The zero-order valence-corrected chi connectivity index (χ0v) is 7.65. The van der Waals surface area contributed by atoms with Crippen LogP contribution in [0.2, 0.25) is 0 Å². The molecule has 0 N–H and O–H groups in total. The lowest BCUT2D eigenvalue weighted by Gasteiger charge is -1.98. The number of hydrogen-bond acceptors (Lipinski definition) is 0. The second-order valence-electron chi connectivity index (χ2n) is 2.63. The molecule has 0 aliphatic rings. The summed E-state index contributed by atoms with van der Waals surface area (Å²) in [4.78, 5) is 0. The fourth-order valence-corrected chi connectivity index (χ4v) is 0.823. The second-order valence-corrected chi connectivity index (χ2v) is 2.63. The van der Waals surface area contributed by atoms with Crippen molar-refractivity contribution in [3.8, 4) is 0 Å². The fourth-order valence-electron chi connectivity index (χ4n) is 0.823. The van der Waals surface area contributed by atoms with E-state index in [1.54, 1.807) is 6.08 Å². The van der Waals surface area contributed by atoms with Crippen LogP contribution in [0.1, 0.15) is 33.6 Å². The first-order chi connectivity index (χ1) is 5.24.